The molecule has 4 rings (SSSR count). The van der Waals surface area contributed by atoms with Gasteiger partial charge in [-0.15, -0.1) is 0 Å². The number of carboxylic acids is 1. The Morgan fingerprint density at radius 3 is 2.50 bits per heavy atom. The van der Waals surface area contributed by atoms with E-state index in [1.54, 1.807) is 48.2 Å². The number of benzene rings is 2. The molecule has 1 aliphatic heterocycles. The summed E-state index contributed by atoms with van der Waals surface area (Å²) in [6, 6.07) is 10.8. The molecule has 226 valence electrons. The molecular weight excluding hydrogens is 564 g/mol. The number of para-hydroxylation sites is 1. The SMILES string of the molecule is Cc1noc(C)c1S(=O)(=O)Nc1cccc2c1O[C@H](CN(C)Cc1ccc(C(=O)O)cc1)[C@@H](C)CN([C@H](C)CO)C2=O. The van der Waals surface area contributed by atoms with E-state index in [4.69, 9.17) is 9.26 Å². The van der Waals surface area contributed by atoms with Crippen LogP contribution in [0.1, 0.15) is 51.6 Å². The number of amides is 1. The van der Waals surface area contributed by atoms with Crippen molar-refractivity contribution >= 4 is 27.6 Å². The monoisotopic (exact) mass is 600 g/mol. The van der Waals surface area contributed by atoms with Crippen LogP contribution in [0.3, 0.4) is 0 Å². The second kappa shape index (κ2) is 12.5. The number of sulfonamides is 1. The number of nitrogens with one attached hydrogen (secondary N) is 1. The van der Waals surface area contributed by atoms with Crippen molar-refractivity contribution in [2.75, 3.05) is 31.5 Å². The summed E-state index contributed by atoms with van der Waals surface area (Å²) >= 11 is 0. The molecule has 0 fully saturated rings. The number of carbonyl (C=O) groups is 2. The summed E-state index contributed by atoms with van der Waals surface area (Å²) < 4.78 is 40.9. The lowest BCUT2D eigenvalue weighted by molar-refractivity contribution is 0.0343. The van der Waals surface area contributed by atoms with Crippen LogP contribution in [0.2, 0.25) is 0 Å². The van der Waals surface area contributed by atoms with Crippen molar-refractivity contribution in [1.29, 1.82) is 0 Å². The van der Waals surface area contributed by atoms with E-state index in [9.17, 15) is 28.2 Å². The number of likely N-dealkylation sites (N-methyl/N-ethyl adjacent to an activating group) is 1. The number of fused-ring (bicyclic) bond motifs is 1. The topological polar surface area (TPSA) is 163 Å². The summed E-state index contributed by atoms with van der Waals surface area (Å²) in [6.07, 6.45) is -0.488. The number of aromatic nitrogens is 1. The molecule has 3 atom stereocenters. The minimum absolute atomic E-state index is 0.0865. The quantitative estimate of drug-likeness (QED) is 0.315. The number of aryl methyl sites for hydroxylation is 2. The first-order valence-electron chi connectivity index (χ1n) is 13.5. The number of nitrogens with zero attached hydrogens (tertiary/aromatic N) is 3. The second-order valence-corrected chi connectivity index (χ2v) is 12.4. The highest BCUT2D eigenvalue weighted by Crippen LogP contribution is 2.36. The molecule has 42 heavy (non-hydrogen) atoms. The summed E-state index contributed by atoms with van der Waals surface area (Å²) in [6.45, 7) is 7.67. The molecule has 0 saturated carbocycles. The predicted octanol–water partition coefficient (Wildman–Crippen LogP) is 3.14. The zero-order valence-corrected chi connectivity index (χ0v) is 25.0. The molecule has 13 heteroatoms. The molecule has 12 nitrogen and oxygen atoms in total. The lowest BCUT2D eigenvalue weighted by Crippen LogP contribution is -2.49. The van der Waals surface area contributed by atoms with Crippen molar-refractivity contribution in [1.82, 2.24) is 15.0 Å². The van der Waals surface area contributed by atoms with Gasteiger partial charge in [0, 0.05) is 25.6 Å². The van der Waals surface area contributed by atoms with Crippen LogP contribution in [0.15, 0.2) is 51.9 Å². The van der Waals surface area contributed by atoms with Crippen molar-refractivity contribution in [3.63, 3.8) is 0 Å². The van der Waals surface area contributed by atoms with Gasteiger partial charge in [0.25, 0.3) is 15.9 Å². The number of anilines is 1. The van der Waals surface area contributed by atoms with Crippen LogP contribution in [0.4, 0.5) is 5.69 Å². The molecule has 2 aromatic carbocycles. The van der Waals surface area contributed by atoms with E-state index in [0.29, 0.717) is 19.6 Å². The Bertz CT molecular complexity index is 1530. The summed E-state index contributed by atoms with van der Waals surface area (Å²) in [5, 5.41) is 22.8. The molecule has 0 unspecified atom stereocenters. The van der Waals surface area contributed by atoms with Crippen LogP contribution in [-0.4, -0.2) is 84.4 Å². The number of carboxylic acid groups (broad SMARTS) is 1. The van der Waals surface area contributed by atoms with Gasteiger partial charge >= 0.3 is 5.97 Å². The van der Waals surface area contributed by atoms with Crippen LogP contribution < -0.4 is 9.46 Å². The molecule has 1 amide bonds. The fourth-order valence-corrected chi connectivity index (χ4v) is 6.43. The first-order valence-corrected chi connectivity index (χ1v) is 15.0. The molecule has 0 radical (unpaired) electrons. The van der Waals surface area contributed by atoms with E-state index in [0.717, 1.165) is 5.56 Å². The molecule has 1 aromatic heterocycles. The van der Waals surface area contributed by atoms with E-state index in [1.165, 1.54) is 19.9 Å². The molecule has 0 aliphatic carbocycles. The first-order chi connectivity index (χ1) is 19.8. The molecule has 0 spiro atoms. The van der Waals surface area contributed by atoms with Gasteiger partial charge in [0.1, 0.15) is 11.8 Å². The largest absolute Gasteiger partial charge is 0.486 e. The van der Waals surface area contributed by atoms with Gasteiger partial charge in [-0.1, -0.05) is 30.3 Å². The van der Waals surface area contributed by atoms with Crippen LogP contribution in [0, 0.1) is 19.8 Å². The van der Waals surface area contributed by atoms with Gasteiger partial charge in [-0.3, -0.25) is 14.4 Å². The lowest BCUT2D eigenvalue weighted by atomic mass is 9.99. The number of aliphatic hydroxyl groups excluding tert-OH is 1. The minimum atomic E-state index is -4.15. The Kier molecular flexibility index (Phi) is 9.24. The summed E-state index contributed by atoms with van der Waals surface area (Å²) in [5.41, 5.74) is 1.55. The maximum atomic E-state index is 13.7. The number of carbonyl (C=O) groups excluding carboxylic acids is 1. The van der Waals surface area contributed by atoms with Gasteiger partial charge in [-0.05, 0) is 57.6 Å². The third-order valence-electron chi connectivity index (χ3n) is 7.32. The number of hydrogen-bond acceptors (Lipinski definition) is 9. The Morgan fingerprint density at radius 2 is 1.90 bits per heavy atom. The Balaban J connectivity index is 1.69. The Labute approximate surface area is 244 Å². The van der Waals surface area contributed by atoms with E-state index in [1.807, 2.05) is 18.9 Å². The summed E-state index contributed by atoms with van der Waals surface area (Å²) in [5.74, 6) is -1.38. The summed E-state index contributed by atoms with van der Waals surface area (Å²) in [7, 11) is -2.25. The van der Waals surface area contributed by atoms with E-state index < -0.39 is 28.1 Å². The Morgan fingerprint density at radius 1 is 1.21 bits per heavy atom. The molecule has 2 heterocycles. The third-order valence-corrected chi connectivity index (χ3v) is 8.93. The van der Waals surface area contributed by atoms with Gasteiger partial charge in [-0.2, -0.15) is 0 Å². The zero-order chi connectivity index (χ0) is 30.8. The molecule has 3 N–H and O–H groups in total. The average molecular weight is 601 g/mol. The fourth-order valence-electron chi connectivity index (χ4n) is 5.03. The van der Waals surface area contributed by atoms with Gasteiger partial charge in [0.2, 0.25) is 0 Å². The highest BCUT2D eigenvalue weighted by atomic mass is 32.2. The third kappa shape index (κ3) is 6.58. The second-order valence-electron chi connectivity index (χ2n) is 10.8. The van der Waals surface area contributed by atoms with E-state index >= 15 is 0 Å². The van der Waals surface area contributed by atoms with Crippen molar-refractivity contribution in [2.24, 2.45) is 5.92 Å². The standard InChI is InChI=1S/C29H36N4O8S/c1-17-13-33(18(2)16-34)28(35)23-7-6-8-24(31-42(38,39)27-19(3)30-41-20(27)4)26(23)40-25(17)15-32(5)14-21-9-11-22(12-10-21)29(36)37/h6-12,17-18,25,31,34H,13-16H2,1-5H3,(H,36,37)/t17-,18+,25+/m0/s1. The smallest absolute Gasteiger partial charge is 0.335 e. The van der Waals surface area contributed by atoms with E-state index in [-0.39, 0.29) is 57.3 Å². The number of aromatic carboxylic acids is 1. The van der Waals surface area contributed by atoms with Crippen LogP contribution in [0.5, 0.6) is 5.75 Å². The van der Waals surface area contributed by atoms with Crippen LogP contribution >= 0.6 is 0 Å². The lowest BCUT2D eigenvalue weighted by Gasteiger charge is -2.38. The minimum Gasteiger partial charge on any atom is -0.486 e. The number of hydrogen-bond donors (Lipinski definition) is 3. The number of rotatable bonds is 10. The van der Waals surface area contributed by atoms with Crippen molar-refractivity contribution in [3.8, 4) is 5.75 Å². The Hall–Kier alpha value is -3.94. The van der Waals surface area contributed by atoms with Crippen LogP contribution in [-0.2, 0) is 16.6 Å². The van der Waals surface area contributed by atoms with Crippen molar-refractivity contribution in [2.45, 2.75) is 51.3 Å². The van der Waals surface area contributed by atoms with Crippen LogP contribution in [0.25, 0.3) is 0 Å². The molecule has 1 aliphatic rings. The van der Waals surface area contributed by atoms with Crippen molar-refractivity contribution < 1.29 is 37.5 Å². The molecule has 3 aromatic rings. The molecular formula is C29H36N4O8S. The van der Waals surface area contributed by atoms with Gasteiger partial charge in [0.05, 0.1) is 29.5 Å². The van der Waals surface area contributed by atoms with Gasteiger partial charge < -0.3 is 24.4 Å². The first kappa shape index (κ1) is 31.0. The summed E-state index contributed by atoms with van der Waals surface area (Å²) in [4.78, 5) is 28.4. The number of ether oxygens (including phenoxy) is 1. The average Bonchev–Trinajstić information content (AvgIpc) is 3.29. The van der Waals surface area contributed by atoms with Crippen molar-refractivity contribution in [3.05, 3.63) is 70.6 Å². The molecule has 0 saturated heterocycles. The molecule has 0 bridgehead atoms. The number of aliphatic hydroxyl groups is 1. The van der Waals surface area contributed by atoms with Gasteiger partial charge in [-0.25, -0.2) is 13.2 Å². The predicted molar refractivity (Wildman–Crippen MR) is 154 cm³/mol. The maximum absolute atomic E-state index is 13.7. The maximum Gasteiger partial charge on any atom is 0.335 e. The zero-order valence-electron chi connectivity index (χ0n) is 24.2. The van der Waals surface area contributed by atoms with E-state index in [2.05, 4.69) is 9.88 Å². The highest BCUT2D eigenvalue weighted by Gasteiger charge is 2.35. The highest BCUT2D eigenvalue weighted by molar-refractivity contribution is 7.92. The normalized spacial score (nSPS) is 18.2. The fraction of sp³-hybridized carbons (Fsp3) is 0.414. The van der Waals surface area contributed by atoms with Gasteiger partial charge in [0.15, 0.2) is 16.4 Å².